The summed E-state index contributed by atoms with van der Waals surface area (Å²) in [7, 11) is 2.37. The number of methoxy groups -OCH3 is 2. The smallest absolute Gasteiger partial charge is 0.342 e. The summed E-state index contributed by atoms with van der Waals surface area (Å²) in [6.07, 6.45) is 2.92. The normalized spacial score (nSPS) is 10.3. The molecule has 0 aliphatic carbocycles. The first-order chi connectivity index (χ1) is 15.8. The summed E-state index contributed by atoms with van der Waals surface area (Å²) in [5.74, 6) is -2.32. The van der Waals surface area contributed by atoms with Crippen LogP contribution in [0.5, 0.6) is 0 Å². The molecule has 0 spiro atoms. The van der Waals surface area contributed by atoms with E-state index in [0.29, 0.717) is 11.5 Å². The molecule has 33 heavy (non-hydrogen) atoms. The molecule has 0 radical (unpaired) electrons. The first kappa shape index (κ1) is 23.1. The lowest BCUT2D eigenvalue weighted by molar-refractivity contribution is -0.119. The van der Waals surface area contributed by atoms with E-state index >= 15 is 0 Å². The van der Waals surface area contributed by atoms with Gasteiger partial charge in [-0.15, -0.1) is 0 Å². The zero-order valence-corrected chi connectivity index (χ0v) is 18.0. The molecule has 2 heterocycles. The van der Waals surface area contributed by atoms with Crippen molar-refractivity contribution < 1.29 is 33.4 Å². The van der Waals surface area contributed by atoms with Gasteiger partial charge in [0, 0.05) is 11.9 Å². The summed E-state index contributed by atoms with van der Waals surface area (Å²) in [5, 5.41) is 6.61. The lowest BCUT2D eigenvalue weighted by Crippen LogP contribution is -2.21. The highest BCUT2D eigenvalue weighted by Crippen LogP contribution is 2.18. The molecule has 3 rings (SSSR count). The molecule has 1 N–H and O–H groups in total. The number of nitrogens with one attached hydrogen (secondary N) is 1. The number of hydrogen-bond acceptors (Lipinski definition) is 9. The predicted molar refractivity (Wildman–Crippen MR) is 114 cm³/mol. The molecule has 0 fully saturated rings. The minimum absolute atomic E-state index is 0.0326. The van der Waals surface area contributed by atoms with E-state index in [1.807, 2.05) is 0 Å². The summed E-state index contributed by atoms with van der Waals surface area (Å²) in [6, 6.07) is 9.18. The van der Waals surface area contributed by atoms with Crippen LogP contribution in [0.4, 0.5) is 5.69 Å². The average molecular weight is 452 g/mol. The van der Waals surface area contributed by atoms with Crippen LogP contribution in [0.1, 0.15) is 36.8 Å². The van der Waals surface area contributed by atoms with Crippen LogP contribution in [0, 0.1) is 6.92 Å². The Morgan fingerprint density at radius 3 is 2.21 bits per heavy atom. The number of carbonyl (C=O) groups excluding carboxylic acids is 4. The van der Waals surface area contributed by atoms with Crippen molar-refractivity contribution in [3.8, 4) is 5.82 Å². The summed E-state index contributed by atoms with van der Waals surface area (Å²) in [5.41, 5.74) is 0.857. The van der Waals surface area contributed by atoms with Gasteiger partial charge in [-0.25, -0.2) is 24.0 Å². The maximum Gasteiger partial charge on any atom is 0.342 e. The quantitative estimate of drug-likeness (QED) is 0.421. The fourth-order valence-electron chi connectivity index (χ4n) is 2.90. The Bertz CT molecular complexity index is 1170. The molecule has 0 saturated heterocycles. The van der Waals surface area contributed by atoms with Crippen molar-refractivity contribution in [1.82, 2.24) is 14.8 Å². The maximum absolute atomic E-state index is 12.4. The van der Waals surface area contributed by atoms with E-state index in [4.69, 9.17) is 4.74 Å². The topological polar surface area (TPSA) is 139 Å². The van der Waals surface area contributed by atoms with Crippen molar-refractivity contribution in [2.75, 3.05) is 26.1 Å². The van der Waals surface area contributed by atoms with Gasteiger partial charge in [0.15, 0.2) is 12.4 Å². The molecule has 2 aromatic heterocycles. The highest BCUT2D eigenvalue weighted by molar-refractivity contribution is 6.00. The van der Waals surface area contributed by atoms with Crippen molar-refractivity contribution in [2.24, 2.45) is 0 Å². The van der Waals surface area contributed by atoms with Crippen LogP contribution in [0.25, 0.3) is 5.82 Å². The fraction of sp³-hybridized carbons (Fsp3) is 0.182. The second-order valence-electron chi connectivity index (χ2n) is 6.65. The molecule has 1 aromatic carbocycles. The van der Waals surface area contributed by atoms with Gasteiger partial charge in [-0.05, 0) is 37.3 Å². The number of aromatic nitrogens is 3. The minimum Gasteiger partial charge on any atom is -0.465 e. The lowest BCUT2D eigenvalue weighted by atomic mass is 10.1. The molecule has 0 aliphatic rings. The number of nitrogens with zero attached hydrogens (tertiary/aromatic N) is 3. The second-order valence-corrected chi connectivity index (χ2v) is 6.65. The first-order valence-corrected chi connectivity index (χ1v) is 9.58. The van der Waals surface area contributed by atoms with Crippen molar-refractivity contribution in [1.29, 1.82) is 0 Å². The number of pyridine rings is 1. The third-order valence-corrected chi connectivity index (χ3v) is 4.49. The zero-order chi connectivity index (χ0) is 24.0. The lowest BCUT2D eigenvalue weighted by Gasteiger charge is -2.10. The van der Waals surface area contributed by atoms with Crippen LogP contribution >= 0.6 is 0 Å². The van der Waals surface area contributed by atoms with Gasteiger partial charge >= 0.3 is 17.9 Å². The molecule has 0 bridgehead atoms. The Morgan fingerprint density at radius 1 is 0.970 bits per heavy atom. The highest BCUT2D eigenvalue weighted by atomic mass is 16.5. The Morgan fingerprint density at radius 2 is 1.64 bits per heavy atom. The van der Waals surface area contributed by atoms with Crippen LogP contribution in [-0.2, 0) is 19.0 Å². The highest BCUT2D eigenvalue weighted by Gasteiger charge is 2.19. The first-order valence-electron chi connectivity index (χ1n) is 9.58. The van der Waals surface area contributed by atoms with E-state index in [-0.39, 0.29) is 22.4 Å². The Hall–Kier alpha value is -4.54. The molecule has 0 unspecified atom stereocenters. The predicted octanol–water partition coefficient (Wildman–Crippen LogP) is 1.94. The zero-order valence-electron chi connectivity index (χ0n) is 18.0. The molecule has 0 saturated carbocycles. The van der Waals surface area contributed by atoms with Crippen LogP contribution in [0.3, 0.4) is 0 Å². The van der Waals surface area contributed by atoms with Crippen molar-refractivity contribution in [3.63, 3.8) is 0 Å². The minimum atomic E-state index is -0.747. The van der Waals surface area contributed by atoms with Crippen molar-refractivity contribution in [2.45, 2.75) is 6.92 Å². The molecule has 0 atom stereocenters. The van der Waals surface area contributed by atoms with Gasteiger partial charge in [0.1, 0.15) is 5.56 Å². The van der Waals surface area contributed by atoms with Crippen LogP contribution < -0.4 is 5.32 Å². The van der Waals surface area contributed by atoms with Crippen LogP contribution in [-0.4, -0.2) is 59.4 Å². The molecule has 11 heteroatoms. The number of rotatable bonds is 7. The van der Waals surface area contributed by atoms with Gasteiger partial charge in [0.25, 0.3) is 5.91 Å². The van der Waals surface area contributed by atoms with Gasteiger partial charge in [-0.2, -0.15) is 5.10 Å². The fourth-order valence-corrected chi connectivity index (χ4v) is 2.90. The third-order valence-electron chi connectivity index (χ3n) is 4.49. The third kappa shape index (κ3) is 5.39. The average Bonchev–Trinajstić information content (AvgIpc) is 3.23. The monoisotopic (exact) mass is 452 g/mol. The molecule has 1 amide bonds. The Kier molecular flexibility index (Phi) is 7.13. The molecule has 0 aliphatic heterocycles. The van der Waals surface area contributed by atoms with Crippen molar-refractivity contribution >= 4 is 29.5 Å². The number of carbonyl (C=O) groups is 4. The van der Waals surface area contributed by atoms with Gasteiger partial charge in [0.2, 0.25) is 0 Å². The number of ether oxygens (including phenoxy) is 3. The SMILES string of the molecule is COC(=O)c1cc(NC(=O)COC(=O)c2cnn(-c3ccccn3)c2C)cc(C(=O)OC)c1. The van der Waals surface area contributed by atoms with E-state index in [2.05, 4.69) is 24.9 Å². The van der Waals surface area contributed by atoms with E-state index in [1.165, 1.54) is 43.3 Å². The maximum atomic E-state index is 12.4. The molecular weight excluding hydrogens is 432 g/mol. The largest absolute Gasteiger partial charge is 0.465 e. The number of benzene rings is 1. The Balaban J connectivity index is 1.68. The van der Waals surface area contributed by atoms with Gasteiger partial charge < -0.3 is 19.5 Å². The summed E-state index contributed by atoms with van der Waals surface area (Å²) in [6.45, 7) is 1.06. The summed E-state index contributed by atoms with van der Waals surface area (Å²) in [4.78, 5) is 52.6. The van der Waals surface area contributed by atoms with Crippen LogP contribution in [0.2, 0.25) is 0 Å². The Labute approximate surface area is 188 Å². The number of hydrogen-bond donors (Lipinski definition) is 1. The number of esters is 3. The molecule has 3 aromatic rings. The number of anilines is 1. The molecule has 170 valence electrons. The van der Waals surface area contributed by atoms with Gasteiger partial charge in [-0.1, -0.05) is 6.07 Å². The van der Waals surface area contributed by atoms with E-state index in [0.717, 1.165) is 0 Å². The van der Waals surface area contributed by atoms with Crippen molar-refractivity contribution in [3.05, 3.63) is 71.2 Å². The summed E-state index contributed by atoms with van der Waals surface area (Å²) < 4.78 is 15.9. The van der Waals surface area contributed by atoms with Crippen LogP contribution in [0.15, 0.2) is 48.8 Å². The standard InChI is InChI=1S/C22H20N4O7/c1-13-17(11-24-26(13)18-6-4-5-7-23-18)22(30)33-12-19(27)25-16-9-14(20(28)31-2)8-15(10-16)21(29)32-3/h4-11H,12H2,1-3H3,(H,25,27). The second kappa shape index (κ2) is 10.2. The number of amides is 1. The molecule has 11 nitrogen and oxygen atoms in total. The summed E-state index contributed by atoms with van der Waals surface area (Å²) >= 11 is 0. The van der Waals surface area contributed by atoms with E-state index < -0.39 is 30.4 Å². The van der Waals surface area contributed by atoms with E-state index in [1.54, 1.807) is 31.3 Å². The van der Waals surface area contributed by atoms with Gasteiger partial charge in [-0.3, -0.25) is 4.79 Å². The van der Waals surface area contributed by atoms with Gasteiger partial charge in [0.05, 0.1) is 37.2 Å². The molecular formula is C22H20N4O7. The van der Waals surface area contributed by atoms with E-state index in [9.17, 15) is 19.2 Å².